The Morgan fingerprint density at radius 3 is 2.52 bits per heavy atom. The van der Waals surface area contributed by atoms with Gasteiger partial charge in [0.15, 0.2) is 0 Å². The second kappa shape index (κ2) is 6.30. The van der Waals surface area contributed by atoms with E-state index >= 15 is 0 Å². The number of amides is 1. The summed E-state index contributed by atoms with van der Waals surface area (Å²) < 4.78 is 1.77. The molecule has 21 heavy (non-hydrogen) atoms. The van der Waals surface area contributed by atoms with Gasteiger partial charge in [-0.2, -0.15) is 10.2 Å². The normalized spacial score (nSPS) is 16.6. The van der Waals surface area contributed by atoms with Gasteiger partial charge in [0.2, 0.25) is 0 Å². The van der Waals surface area contributed by atoms with Gasteiger partial charge in [0, 0.05) is 11.7 Å². The Bertz CT molecular complexity index is 563. The molecule has 6 heteroatoms. The van der Waals surface area contributed by atoms with Crippen molar-refractivity contribution >= 4 is 29.8 Å². The van der Waals surface area contributed by atoms with E-state index < -0.39 is 0 Å². The SMILES string of the molecule is CSN1CN(N=Cc2ccccc2)C(=O)C(C(C)(C)C)=N1. The third kappa shape index (κ3) is 3.85. The summed E-state index contributed by atoms with van der Waals surface area (Å²) in [7, 11) is 0. The highest BCUT2D eigenvalue weighted by Crippen LogP contribution is 2.24. The van der Waals surface area contributed by atoms with Crippen LogP contribution in [0.5, 0.6) is 0 Å². The molecule has 2 rings (SSSR count). The minimum absolute atomic E-state index is 0.139. The van der Waals surface area contributed by atoms with Crippen LogP contribution in [0, 0.1) is 5.41 Å². The van der Waals surface area contributed by atoms with Crippen LogP contribution < -0.4 is 0 Å². The Labute approximate surface area is 129 Å². The molecule has 0 unspecified atom stereocenters. The molecule has 1 aliphatic heterocycles. The van der Waals surface area contributed by atoms with Crippen LogP contribution in [-0.4, -0.2) is 40.2 Å². The van der Waals surface area contributed by atoms with Gasteiger partial charge in [-0.15, -0.1) is 0 Å². The molecule has 1 amide bonds. The zero-order valence-corrected chi connectivity index (χ0v) is 13.6. The minimum Gasteiger partial charge on any atom is -0.266 e. The molecule has 0 radical (unpaired) electrons. The van der Waals surface area contributed by atoms with Crippen molar-refractivity contribution in [3.05, 3.63) is 35.9 Å². The Hall–Kier alpha value is -1.82. The van der Waals surface area contributed by atoms with Crippen molar-refractivity contribution in [2.24, 2.45) is 15.6 Å². The predicted molar refractivity (Wildman–Crippen MR) is 88.0 cm³/mol. The van der Waals surface area contributed by atoms with Gasteiger partial charge in [0.05, 0.1) is 6.21 Å². The lowest BCUT2D eigenvalue weighted by Gasteiger charge is -2.33. The average Bonchev–Trinajstić information content (AvgIpc) is 2.46. The summed E-state index contributed by atoms with van der Waals surface area (Å²) in [5.41, 5.74) is 1.17. The first kappa shape index (κ1) is 15.6. The van der Waals surface area contributed by atoms with Gasteiger partial charge in [-0.25, -0.2) is 9.42 Å². The summed E-state index contributed by atoms with van der Waals surface area (Å²) in [6, 6.07) is 9.72. The van der Waals surface area contributed by atoms with Gasteiger partial charge >= 0.3 is 0 Å². The standard InChI is InChI=1S/C15H20N4OS/c1-15(2,3)13-14(20)18(11-19(17-13)21-4)16-10-12-8-6-5-7-9-12/h5-10H,11H2,1-4H3. The van der Waals surface area contributed by atoms with E-state index in [-0.39, 0.29) is 11.3 Å². The first-order chi connectivity index (χ1) is 9.91. The lowest BCUT2D eigenvalue weighted by Crippen LogP contribution is -2.47. The summed E-state index contributed by atoms with van der Waals surface area (Å²) in [6.45, 7) is 6.29. The van der Waals surface area contributed by atoms with Crippen LogP contribution in [0.1, 0.15) is 26.3 Å². The quantitative estimate of drug-likeness (QED) is 0.637. The highest BCUT2D eigenvalue weighted by molar-refractivity contribution is 7.96. The fourth-order valence-electron chi connectivity index (χ4n) is 1.82. The van der Waals surface area contributed by atoms with Gasteiger partial charge in [-0.3, -0.25) is 4.79 Å². The van der Waals surface area contributed by atoms with Gasteiger partial charge in [0.1, 0.15) is 12.4 Å². The van der Waals surface area contributed by atoms with Gasteiger partial charge in [0.25, 0.3) is 5.91 Å². The number of rotatable bonds is 3. The molecule has 0 aromatic heterocycles. The molecule has 0 bridgehead atoms. The van der Waals surface area contributed by atoms with E-state index in [0.717, 1.165) is 5.56 Å². The second-order valence-electron chi connectivity index (χ2n) is 5.73. The lowest BCUT2D eigenvalue weighted by atomic mass is 9.89. The Morgan fingerprint density at radius 1 is 1.29 bits per heavy atom. The van der Waals surface area contributed by atoms with Crippen LogP contribution in [0.4, 0.5) is 0 Å². The van der Waals surface area contributed by atoms with E-state index in [1.54, 1.807) is 10.6 Å². The minimum atomic E-state index is -0.313. The lowest BCUT2D eigenvalue weighted by molar-refractivity contribution is -0.127. The molecule has 0 spiro atoms. The third-order valence-electron chi connectivity index (χ3n) is 2.97. The van der Waals surface area contributed by atoms with E-state index in [2.05, 4.69) is 10.2 Å². The number of hydrogen-bond acceptors (Lipinski definition) is 5. The highest BCUT2D eigenvalue weighted by Gasteiger charge is 2.34. The van der Waals surface area contributed by atoms with Crippen LogP contribution in [0.3, 0.4) is 0 Å². The first-order valence-electron chi connectivity index (χ1n) is 6.73. The Kier molecular flexibility index (Phi) is 4.67. The zero-order chi connectivity index (χ0) is 15.5. The van der Waals surface area contributed by atoms with Crippen molar-refractivity contribution in [1.82, 2.24) is 9.42 Å². The summed E-state index contributed by atoms with van der Waals surface area (Å²) >= 11 is 1.47. The maximum Gasteiger partial charge on any atom is 0.292 e. The molecule has 1 aromatic rings. The van der Waals surface area contributed by atoms with Crippen molar-refractivity contribution in [3.63, 3.8) is 0 Å². The molecule has 0 fully saturated rings. The maximum absolute atomic E-state index is 12.5. The zero-order valence-electron chi connectivity index (χ0n) is 12.8. The van der Waals surface area contributed by atoms with Gasteiger partial charge in [-0.05, 0) is 17.5 Å². The fourth-order valence-corrected chi connectivity index (χ4v) is 2.21. The van der Waals surface area contributed by atoms with Gasteiger partial charge in [-0.1, -0.05) is 51.1 Å². The molecule has 1 aromatic carbocycles. The van der Waals surface area contributed by atoms with Crippen LogP contribution in [0.15, 0.2) is 40.5 Å². The van der Waals surface area contributed by atoms with E-state index in [1.807, 2.05) is 57.4 Å². The number of hydrazone groups is 2. The molecular formula is C15H20N4OS. The number of nitrogens with zero attached hydrogens (tertiary/aromatic N) is 4. The van der Waals surface area contributed by atoms with E-state index in [9.17, 15) is 4.79 Å². The van der Waals surface area contributed by atoms with Crippen molar-refractivity contribution in [1.29, 1.82) is 0 Å². The monoisotopic (exact) mass is 304 g/mol. The van der Waals surface area contributed by atoms with Crippen LogP contribution in [0.2, 0.25) is 0 Å². The molecule has 0 atom stereocenters. The molecule has 0 saturated heterocycles. The molecule has 0 saturated carbocycles. The third-order valence-corrected chi connectivity index (χ3v) is 3.59. The van der Waals surface area contributed by atoms with Crippen molar-refractivity contribution < 1.29 is 4.79 Å². The number of carbonyl (C=O) groups excluding carboxylic acids is 1. The predicted octanol–water partition coefficient (Wildman–Crippen LogP) is 2.80. The number of hydrogen-bond donors (Lipinski definition) is 0. The molecular weight excluding hydrogens is 284 g/mol. The van der Waals surface area contributed by atoms with Crippen LogP contribution in [-0.2, 0) is 4.79 Å². The number of carbonyl (C=O) groups is 1. The Balaban J connectivity index is 2.23. The molecule has 0 N–H and O–H groups in total. The smallest absolute Gasteiger partial charge is 0.266 e. The molecule has 1 heterocycles. The summed E-state index contributed by atoms with van der Waals surface area (Å²) in [6.07, 6.45) is 3.63. The summed E-state index contributed by atoms with van der Waals surface area (Å²) in [4.78, 5) is 12.5. The summed E-state index contributed by atoms with van der Waals surface area (Å²) in [5, 5.41) is 10.2. The van der Waals surface area contributed by atoms with Crippen molar-refractivity contribution in [2.75, 3.05) is 12.9 Å². The van der Waals surface area contributed by atoms with E-state index in [4.69, 9.17) is 0 Å². The average molecular weight is 304 g/mol. The van der Waals surface area contributed by atoms with Gasteiger partial charge < -0.3 is 0 Å². The van der Waals surface area contributed by atoms with Crippen molar-refractivity contribution in [3.8, 4) is 0 Å². The number of benzene rings is 1. The molecule has 0 aliphatic carbocycles. The van der Waals surface area contributed by atoms with E-state index in [0.29, 0.717) is 12.4 Å². The highest BCUT2D eigenvalue weighted by atomic mass is 32.2. The first-order valence-corrected chi connectivity index (χ1v) is 7.91. The van der Waals surface area contributed by atoms with E-state index in [1.165, 1.54) is 17.0 Å². The largest absolute Gasteiger partial charge is 0.292 e. The second-order valence-corrected chi connectivity index (χ2v) is 6.52. The molecule has 1 aliphatic rings. The topological polar surface area (TPSA) is 48.3 Å². The molecule has 112 valence electrons. The fraction of sp³-hybridized carbons (Fsp3) is 0.400. The molecule has 5 nitrogen and oxygen atoms in total. The Morgan fingerprint density at radius 2 is 1.95 bits per heavy atom. The van der Waals surface area contributed by atoms with Crippen LogP contribution in [0.25, 0.3) is 0 Å². The van der Waals surface area contributed by atoms with Crippen LogP contribution >= 0.6 is 11.9 Å². The van der Waals surface area contributed by atoms with Crippen molar-refractivity contribution in [2.45, 2.75) is 20.8 Å². The summed E-state index contributed by atoms with van der Waals surface area (Å²) in [5.74, 6) is -0.139. The maximum atomic E-state index is 12.5.